The zero-order valence-electron chi connectivity index (χ0n) is 6.20. The molecule has 0 aliphatic rings. The lowest BCUT2D eigenvalue weighted by molar-refractivity contribution is 0.186. The van der Waals surface area contributed by atoms with Crippen LogP contribution in [0.1, 0.15) is 5.82 Å². The van der Waals surface area contributed by atoms with Gasteiger partial charge in [0.25, 0.3) is 0 Å². The first-order valence-corrected chi connectivity index (χ1v) is 3.18. The first kappa shape index (κ1) is 9.87. The molecule has 3 N–H and O–H groups in total. The summed E-state index contributed by atoms with van der Waals surface area (Å²) in [5, 5.41) is 15.2. The Bertz CT molecular complexity index is 171. The second-order valence-corrected chi connectivity index (χ2v) is 1.63. The maximum atomic E-state index is 7.62. The molecule has 0 aliphatic carbocycles. The summed E-state index contributed by atoms with van der Waals surface area (Å²) in [6, 6.07) is 0. The van der Waals surface area contributed by atoms with E-state index >= 15 is 0 Å². The van der Waals surface area contributed by atoms with E-state index in [1.54, 1.807) is 18.5 Å². The zero-order valence-corrected chi connectivity index (χ0v) is 6.20. The van der Waals surface area contributed by atoms with Crippen LogP contribution in [-0.4, -0.2) is 33.4 Å². The van der Waals surface area contributed by atoms with Crippen LogP contribution in [0.5, 0.6) is 0 Å². The van der Waals surface area contributed by atoms with E-state index in [-0.39, 0.29) is 13.2 Å². The minimum Gasteiger partial charge on any atom is -0.394 e. The van der Waals surface area contributed by atoms with E-state index in [1.807, 2.05) is 0 Å². The molecule has 1 aromatic heterocycles. The SMILES string of the molecule is C=Cc1ncc[nH]1.OCCO. The highest BCUT2D eigenvalue weighted by Gasteiger charge is 1.78. The summed E-state index contributed by atoms with van der Waals surface area (Å²) in [4.78, 5) is 6.72. The number of nitrogens with one attached hydrogen (secondary N) is 1. The van der Waals surface area contributed by atoms with Gasteiger partial charge in [-0.15, -0.1) is 0 Å². The third-order valence-electron chi connectivity index (χ3n) is 0.813. The number of H-pyrrole nitrogens is 1. The van der Waals surface area contributed by atoms with Crippen molar-refractivity contribution in [1.82, 2.24) is 9.97 Å². The molecule has 0 aromatic carbocycles. The highest BCUT2D eigenvalue weighted by molar-refractivity contribution is 5.34. The molecule has 11 heavy (non-hydrogen) atoms. The smallest absolute Gasteiger partial charge is 0.129 e. The molecule has 1 aromatic rings. The molecule has 0 atom stereocenters. The Morgan fingerprint density at radius 3 is 2.36 bits per heavy atom. The van der Waals surface area contributed by atoms with Crippen LogP contribution in [-0.2, 0) is 0 Å². The molecule has 0 aliphatic heterocycles. The van der Waals surface area contributed by atoms with Crippen molar-refractivity contribution in [2.75, 3.05) is 13.2 Å². The largest absolute Gasteiger partial charge is 0.394 e. The number of hydrogen-bond donors (Lipinski definition) is 3. The van der Waals surface area contributed by atoms with Crippen LogP contribution in [0.4, 0.5) is 0 Å². The van der Waals surface area contributed by atoms with Crippen molar-refractivity contribution >= 4 is 6.08 Å². The predicted molar refractivity (Wildman–Crippen MR) is 42.9 cm³/mol. The van der Waals surface area contributed by atoms with Crippen molar-refractivity contribution in [3.05, 3.63) is 24.8 Å². The molecule has 1 rings (SSSR count). The summed E-state index contributed by atoms with van der Waals surface area (Å²) in [5.41, 5.74) is 0. The van der Waals surface area contributed by atoms with Gasteiger partial charge in [-0.05, 0) is 6.08 Å². The van der Waals surface area contributed by atoms with Gasteiger partial charge in [0, 0.05) is 12.4 Å². The number of nitrogens with zero attached hydrogens (tertiary/aromatic N) is 1. The topological polar surface area (TPSA) is 69.1 Å². The maximum Gasteiger partial charge on any atom is 0.129 e. The Morgan fingerprint density at radius 1 is 1.55 bits per heavy atom. The fourth-order valence-electron chi connectivity index (χ4n) is 0.389. The number of aliphatic hydroxyl groups is 2. The van der Waals surface area contributed by atoms with Gasteiger partial charge >= 0.3 is 0 Å². The van der Waals surface area contributed by atoms with E-state index in [1.165, 1.54) is 0 Å². The summed E-state index contributed by atoms with van der Waals surface area (Å²) in [5.74, 6) is 0.819. The average molecular weight is 156 g/mol. The quantitative estimate of drug-likeness (QED) is 0.565. The number of rotatable bonds is 2. The Labute approximate surface area is 65.2 Å². The first-order valence-electron chi connectivity index (χ1n) is 3.18. The number of imidazole rings is 1. The molecule has 4 heteroatoms. The van der Waals surface area contributed by atoms with E-state index < -0.39 is 0 Å². The van der Waals surface area contributed by atoms with Crippen molar-refractivity contribution in [3.8, 4) is 0 Å². The van der Waals surface area contributed by atoms with Crippen molar-refractivity contribution in [1.29, 1.82) is 0 Å². The lowest BCUT2D eigenvalue weighted by Gasteiger charge is -1.73. The number of aliphatic hydroxyl groups excluding tert-OH is 2. The fourth-order valence-corrected chi connectivity index (χ4v) is 0.389. The molecule has 0 spiro atoms. The maximum absolute atomic E-state index is 7.62. The highest BCUT2D eigenvalue weighted by atomic mass is 16.3. The second-order valence-electron chi connectivity index (χ2n) is 1.63. The molecule has 62 valence electrons. The van der Waals surface area contributed by atoms with Crippen LogP contribution >= 0.6 is 0 Å². The highest BCUT2D eigenvalue weighted by Crippen LogP contribution is 1.85. The Hall–Kier alpha value is -1.13. The van der Waals surface area contributed by atoms with Gasteiger partial charge in [-0.25, -0.2) is 4.98 Å². The average Bonchev–Trinajstić information content (AvgIpc) is 2.56. The summed E-state index contributed by atoms with van der Waals surface area (Å²) in [6.45, 7) is 3.26. The minimum atomic E-state index is -0.125. The van der Waals surface area contributed by atoms with Crippen LogP contribution in [0.25, 0.3) is 6.08 Å². The van der Waals surface area contributed by atoms with E-state index in [0.717, 1.165) is 5.82 Å². The van der Waals surface area contributed by atoms with Crippen molar-refractivity contribution in [2.24, 2.45) is 0 Å². The molecule has 0 unspecified atom stereocenters. The van der Waals surface area contributed by atoms with Crippen LogP contribution in [0.3, 0.4) is 0 Å². The van der Waals surface area contributed by atoms with Crippen LogP contribution < -0.4 is 0 Å². The van der Waals surface area contributed by atoms with Crippen LogP contribution in [0.15, 0.2) is 19.0 Å². The number of aromatic nitrogens is 2. The third kappa shape index (κ3) is 5.32. The molecule has 0 bridgehead atoms. The van der Waals surface area contributed by atoms with Gasteiger partial charge in [0.2, 0.25) is 0 Å². The van der Waals surface area contributed by atoms with Crippen LogP contribution in [0.2, 0.25) is 0 Å². The van der Waals surface area contributed by atoms with Gasteiger partial charge in [-0.2, -0.15) is 0 Å². The van der Waals surface area contributed by atoms with Gasteiger partial charge in [-0.1, -0.05) is 6.58 Å². The third-order valence-corrected chi connectivity index (χ3v) is 0.813. The van der Waals surface area contributed by atoms with Gasteiger partial charge in [-0.3, -0.25) is 0 Å². The van der Waals surface area contributed by atoms with Gasteiger partial charge in [0.15, 0.2) is 0 Å². The lowest BCUT2D eigenvalue weighted by atomic mass is 10.6. The molecule has 0 fully saturated rings. The van der Waals surface area contributed by atoms with E-state index in [4.69, 9.17) is 10.2 Å². The van der Waals surface area contributed by atoms with E-state index in [0.29, 0.717) is 0 Å². The van der Waals surface area contributed by atoms with E-state index in [2.05, 4.69) is 16.5 Å². The van der Waals surface area contributed by atoms with Crippen LogP contribution in [0, 0.1) is 0 Å². The summed E-state index contributed by atoms with van der Waals surface area (Å²) in [6.07, 6.45) is 5.12. The normalized spacial score (nSPS) is 8.18. The minimum absolute atomic E-state index is 0.125. The Morgan fingerprint density at radius 2 is 2.18 bits per heavy atom. The first-order chi connectivity index (χ1) is 5.35. The monoisotopic (exact) mass is 156 g/mol. The second kappa shape index (κ2) is 6.98. The van der Waals surface area contributed by atoms with Gasteiger partial charge < -0.3 is 15.2 Å². The molecule has 0 saturated carbocycles. The molecule has 4 nitrogen and oxygen atoms in total. The van der Waals surface area contributed by atoms with Gasteiger partial charge in [0.05, 0.1) is 13.2 Å². The molecule has 0 radical (unpaired) electrons. The lowest BCUT2D eigenvalue weighted by Crippen LogP contribution is -1.85. The molecular formula is C7H12N2O2. The summed E-state index contributed by atoms with van der Waals surface area (Å²) < 4.78 is 0. The van der Waals surface area contributed by atoms with Crippen molar-refractivity contribution in [2.45, 2.75) is 0 Å². The van der Waals surface area contributed by atoms with Crippen molar-refractivity contribution < 1.29 is 10.2 Å². The number of hydrogen-bond acceptors (Lipinski definition) is 3. The fraction of sp³-hybridized carbons (Fsp3) is 0.286. The molecular weight excluding hydrogens is 144 g/mol. The van der Waals surface area contributed by atoms with Crippen molar-refractivity contribution in [3.63, 3.8) is 0 Å². The Balaban J connectivity index is 0.000000218. The summed E-state index contributed by atoms with van der Waals surface area (Å²) >= 11 is 0. The number of aromatic amines is 1. The standard InChI is InChI=1S/C5H6N2.C2H6O2/c1-2-5-6-3-4-7-5;3-1-2-4/h2-4H,1H2,(H,6,7);3-4H,1-2H2. The molecule has 0 saturated heterocycles. The molecule has 0 amide bonds. The van der Waals surface area contributed by atoms with E-state index in [9.17, 15) is 0 Å². The Kier molecular flexibility index (Phi) is 6.27. The van der Waals surface area contributed by atoms with Gasteiger partial charge in [0.1, 0.15) is 5.82 Å². The molecule has 1 heterocycles. The zero-order chi connectivity index (χ0) is 8.53. The predicted octanol–water partition coefficient (Wildman–Crippen LogP) is 0.0237. The summed E-state index contributed by atoms with van der Waals surface area (Å²) in [7, 11) is 0.